The van der Waals surface area contributed by atoms with E-state index in [1.165, 1.54) is 17.4 Å². The van der Waals surface area contributed by atoms with Crippen LogP contribution >= 0.6 is 0 Å². The predicted octanol–water partition coefficient (Wildman–Crippen LogP) is 2.10. The number of carbonyl (C=O) groups is 2. The van der Waals surface area contributed by atoms with Gasteiger partial charge in [0.2, 0.25) is 15.9 Å². The van der Waals surface area contributed by atoms with Crippen LogP contribution in [0.15, 0.2) is 6.08 Å². The highest BCUT2D eigenvalue weighted by atomic mass is 32.2. The molecule has 0 aliphatic heterocycles. The van der Waals surface area contributed by atoms with Gasteiger partial charge in [-0.25, -0.2) is 17.5 Å². The van der Waals surface area contributed by atoms with Crippen LogP contribution in [0, 0.1) is 13.8 Å². The lowest BCUT2D eigenvalue weighted by atomic mass is 10.1. The maximum atomic E-state index is 12.4. The van der Waals surface area contributed by atoms with Crippen LogP contribution in [0.5, 0.6) is 0 Å². The van der Waals surface area contributed by atoms with Crippen LogP contribution < -0.4 is 5.32 Å². The van der Waals surface area contributed by atoms with Crippen molar-refractivity contribution in [3.8, 4) is 0 Å². The average Bonchev–Trinajstić information content (AvgIpc) is 2.92. The molecule has 1 amide bonds. The van der Waals surface area contributed by atoms with E-state index in [-0.39, 0.29) is 18.3 Å². The monoisotopic (exact) mass is 427 g/mol. The molecule has 0 aliphatic rings. The van der Waals surface area contributed by atoms with Crippen molar-refractivity contribution < 1.29 is 22.7 Å². The fourth-order valence-corrected chi connectivity index (χ4v) is 3.99. The van der Waals surface area contributed by atoms with E-state index in [9.17, 15) is 18.0 Å². The maximum absolute atomic E-state index is 12.4. The number of nitrogens with zero attached hydrogens (tertiary/aromatic N) is 2. The topological polar surface area (TPSA) is 97.7 Å². The van der Waals surface area contributed by atoms with E-state index in [0.717, 1.165) is 11.4 Å². The summed E-state index contributed by atoms with van der Waals surface area (Å²) in [5.41, 5.74) is 2.85. The first-order valence-electron chi connectivity index (χ1n) is 9.87. The number of aromatic nitrogens is 1. The fourth-order valence-electron chi connectivity index (χ4n) is 3.14. The molecule has 1 heterocycles. The van der Waals surface area contributed by atoms with Gasteiger partial charge in [0.1, 0.15) is 0 Å². The van der Waals surface area contributed by atoms with Crippen LogP contribution in [0.4, 0.5) is 0 Å². The third-order valence-corrected chi connectivity index (χ3v) is 6.68. The maximum Gasteiger partial charge on any atom is 0.340 e. The van der Waals surface area contributed by atoms with Crippen molar-refractivity contribution in [1.29, 1.82) is 0 Å². The number of nitrogens with one attached hydrogen (secondary N) is 1. The second kappa shape index (κ2) is 11.2. The number of carbonyl (C=O) groups excluding carboxylic acids is 2. The molecule has 9 heteroatoms. The Hall–Kier alpha value is -2.13. The van der Waals surface area contributed by atoms with Crippen molar-refractivity contribution >= 4 is 28.0 Å². The number of rotatable bonds is 11. The SMILES string of the molecule is CCOC(=O)c1c(/C=C/C(=O)NCCCN(C)S(=O)(=O)CC)c(C)n(CC)c1C. The third kappa shape index (κ3) is 6.43. The highest BCUT2D eigenvalue weighted by Gasteiger charge is 2.22. The largest absolute Gasteiger partial charge is 0.462 e. The molecule has 0 spiro atoms. The Balaban J connectivity index is 2.80. The molecule has 1 N–H and O–H groups in total. The number of esters is 1. The molecule has 0 bridgehead atoms. The molecule has 0 aliphatic carbocycles. The minimum absolute atomic E-state index is 0.0531. The molecule has 29 heavy (non-hydrogen) atoms. The van der Waals surface area contributed by atoms with Gasteiger partial charge in [0.05, 0.1) is 17.9 Å². The fraction of sp³-hybridized carbons (Fsp3) is 0.600. The molecule has 0 radical (unpaired) electrons. The van der Waals surface area contributed by atoms with Crippen LogP contribution in [0.2, 0.25) is 0 Å². The molecule has 0 unspecified atom stereocenters. The van der Waals surface area contributed by atoms with Crippen molar-refractivity contribution in [3.63, 3.8) is 0 Å². The Morgan fingerprint density at radius 2 is 1.83 bits per heavy atom. The van der Waals surface area contributed by atoms with Gasteiger partial charge in [-0.3, -0.25) is 4.79 Å². The predicted molar refractivity (Wildman–Crippen MR) is 114 cm³/mol. The highest BCUT2D eigenvalue weighted by Crippen LogP contribution is 2.24. The summed E-state index contributed by atoms with van der Waals surface area (Å²) in [5, 5.41) is 2.74. The number of hydrogen-bond acceptors (Lipinski definition) is 5. The normalized spacial score (nSPS) is 12.0. The molecule has 0 saturated carbocycles. The summed E-state index contributed by atoms with van der Waals surface area (Å²) >= 11 is 0. The summed E-state index contributed by atoms with van der Waals surface area (Å²) < 4.78 is 31.9. The van der Waals surface area contributed by atoms with E-state index in [1.807, 2.05) is 25.3 Å². The van der Waals surface area contributed by atoms with E-state index in [0.29, 0.717) is 37.2 Å². The van der Waals surface area contributed by atoms with Gasteiger partial charge in [-0.2, -0.15) is 0 Å². The number of hydrogen-bond donors (Lipinski definition) is 1. The van der Waals surface area contributed by atoms with Gasteiger partial charge >= 0.3 is 5.97 Å². The quantitative estimate of drug-likeness (QED) is 0.331. The summed E-state index contributed by atoms with van der Waals surface area (Å²) in [4.78, 5) is 24.5. The summed E-state index contributed by atoms with van der Waals surface area (Å²) in [7, 11) is -1.68. The lowest BCUT2D eigenvalue weighted by Crippen LogP contribution is -2.32. The zero-order valence-electron chi connectivity index (χ0n) is 18.2. The summed E-state index contributed by atoms with van der Waals surface area (Å²) in [5.74, 6) is -0.653. The molecular formula is C20H33N3O5S. The van der Waals surface area contributed by atoms with Gasteiger partial charge in [0.25, 0.3) is 0 Å². The molecule has 8 nitrogen and oxygen atoms in total. The molecule has 0 aromatic carbocycles. The van der Waals surface area contributed by atoms with Crippen molar-refractivity contribution in [1.82, 2.24) is 14.2 Å². The van der Waals surface area contributed by atoms with E-state index in [1.54, 1.807) is 19.9 Å². The Morgan fingerprint density at radius 1 is 1.17 bits per heavy atom. The molecule has 0 atom stereocenters. The van der Waals surface area contributed by atoms with E-state index < -0.39 is 16.0 Å². The van der Waals surface area contributed by atoms with Gasteiger partial charge in [-0.15, -0.1) is 0 Å². The van der Waals surface area contributed by atoms with E-state index in [2.05, 4.69) is 5.32 Å². The summed E-state index contributed by atoms with van der Waals surface area (Å²) in [6.45, 7) is 10.8. The zero-order chi connectivity index (χ0) is 22.2. The van der Waals surface area contributed by atoms with Gasteiger partial charge < -0.3 is 14.6 Å². The number of amides is 1. The Kier molecular flexibility index (Phi) is 9.58. The van der Waals surface area contributed by atoms with Crippen molar-refractivity contribution in [2.24, 2.45) is 0 Å². The van der Waals surface area contributed by atoms with Gasteiger partial charge in [-0.05, 0) is 47.1 Å². The van der Waals surface area contributed by atoms with Crippen LogP contribution in [-0.2, 0) is 26.1 Å². The average molecular weight is 428 g/mol. The first kappa shape index (κ1) is 24.9. The smallest absolute Gasteiger partial charge is 0.340 e. The van der Waals surface area contributed by atoms with Crippen molar-refractivity contribution in [3.05, 3.63) is 28.6 Å². The number of sulfonamides is 1. The van der Waals surface area contributed by atoms with Gasteiger partial charge in [0.15, 0.2) is 0 Å². The molecule has 164 valence electrons. The van der Waals surface area contributed by atoms with E-state index in [4.69, 9.17) is 4.74 Å². The third-order valence-electron chi connectivity index (χ3n) is 4.82. The number of ether oxygens (including phenoxy) is 1. The van der Waals surface area contributed by atoms with Crippen molar-refractivity contribution in [2.45, 2.75) is 47.6 Å². The minimum atomic E-state index is -3.21. The highest BCUT2D eigenvalue weighted by molar-refractivity contribution is 7.89. The Labute approximate surface area is 174 Å². The molecule has 0 saturated heterocycles. The van der Waals surface area contributed by atoms with Gasteiger partial charge in [0, 0.05) is 49.7 Å². The van der Waals surface area contributed by atoms with Gasteiger partial charge in [-0.1, -0.05) is 0 Å². The molecule has 1 aromatic heterocycles. The lowest BCUT2D eigenvalue weighted by Gasteiger charge is -2.15. The van der Waals surface area contributed by atoms with Crippen LogP contribution in [0.25, 0.3) is 6.08 Å². The van der Waals surface area contributed by atoms with Crippen LogP contribution in [0.1, 0.15) is 54.5 Å². The van der Waals surface area contributed by atoms with E-state index >= 15 is 0 Å². The molecular weight excluding hydrogens is 394 g/mol. The van der Waals surface area contributed by atoms with Crippen LogP contribution in [0.3, 0.4) is 0 Å². The second-order valence-corrected chi connectivity index (χ2v) is 8.99. The Morgan fingerprint density at radius 3 is 2.38 bits per heavy atom. The minimum Gasteiger partial charge on any atom is -0.462 e. The van der Waals surface area contributed by atoms with Crippen molar-refractivity contribution in [2.75, 3.05) is 32.5 Å². The standard InChI is InChI=1S/C20H33N3O5S/c1-7-23-15(4)17(19(16(23)5)20(25)28-8-2)11-12-18(24)21-13-10-14-22(6)29(26,27)9-3/h11-12H,7-10,13-14H2,1-6H3,(H,21,24)/b12-11+. The zero-order valence-corrected chi connectivity index (χ0v) is 19.1. The lowest BCUT2D eigenvalue weighted by molar-refractivity contribution is -0.116. The molecule has 1 rings (SSSR count). The molecule has 0 fully saturated rings. The summed E-state index contributed by atoms with van der Waals surface area (Å²) in [6.07, 6.45) is 3.52. The first-order valence-corrected chi connectivity index (χ1v) is 11.5. The van der Waals surface area contributed by atoms with Crippen LogP contribution in [-0.4, -0.2) is 61.7 Å². The first-order chi connectivity index (χ1) is 13.6. The molecule has 1 aromatic rings. The summed E-state index contributed by atoms with van der Waals surface area (Å²) in [6, 6.07) is 0. The Bertz CT molecular complexity index is 856. The second-order valence-electron chi connectivity index (χ2n) is 6.62.